The van der Waals surface area contributed by atoms with Crippen molar-refractivity contribution in [1.82, 2.24) is 10.2 Å². The lowest BCUT2D eigenvalue weighted by Crippen LogP contribution is -2.27. The van der Waals surface area contributed by atoms with Crippen LogP contribution in [0.1, 0.15) is 32.0 Å². The van der Waals surface area contributed by atoms with E-state index in [1.54, 1.807) is 0 Å². The number of aromatic nitrogens is 2. The smallest absolute Gasteiger partial charge is 0.413 e. The minimum Gasteiger partial charge on any atom is -0.444 e. The summed E-state index contributed by atoms with van der Waals surface area (Å²) in [7, 11) is 0. The third kappa shape index (κ3) is 3.27. The molecule has 0 saturated carbocycles. The predicted molar refractivity (Wildman–Crippen MR) is 57.9 cm³/mol. The van der Waals surface area contributed by atoms with Crippen molar-refractivity contribution >= 4 is 11.9 Å². The number of carbonyl (C=O) groups excluding carboxylic acids is 1. The first-order chi connectivity index (χ1) is 6.79. The van der Waals surface area contributed by atoms with Crippen molar-refractivity contribution in [2.24, 2.45) is 0 Å². The van der Waals surface area contributed by atoms with Crippen LogP contribution < -0.4 is 5.32 Å². The average Bonchev–Trinajstić information content (AvgIpc) is 2.32. The third-order valence-electron chi connectivity index (χ3n) is 1.87. The Morgan fingerprint density at radius 3 is 2.40 bits per heavy atom. The van der Waals surface area contributed by atoms with Crippen LogP contribution in [0.15, 0.2) is 0 Å². The summed E-state index contributed by atoms with van der Waals surface area (Å²) in [5.74, 6) is 0.516. The number of ether oxygens (including phenoxy) is 1. The van der Waals surface area contributed by atoms with Crippen molar-refractivity contribution in [2.45, 2.75) is 40.2 Å². The van der Waals surface area contributed by atoms with Gasteiger partial charge in [-0.2, -0.15) is 5.10 Å². The van der Waals surface area contributed by atoms with Gasteiger partial charge in [-0.25, -0.2) is 4.79 Å². The van der Waals surface area contributed by atoms with Crippen molar-refractivity contribution in [2.75, 3.05) is 5.32 Å². The highest BCUT2D eigenvalue weighted by Crippen LogP contribution is 2.15. The largest absolute Gasteiger partial charge is 0.444 e. The maximum atomic E-state index is 11.4. The summed E-state index contributed by atoms with van der Waals surface area (Å²) in [6.45, 7) is 9.22. The number of hydrogen-bond acceptors (Lipinski definition) is 3. The van der Waals surface area contributed by atoms with Gasteiger partial charge in [-0.15, -0.1) is 0 Å². The van der Waals surface area contributed by atoms with E-state index >= 15 is 0 Å². The van der Waals surface area contributed by atoms with E-state index in [1.807, 2.05) is 34.6 Å². The second-order valence-corrected chi connectivity index (χ2v) is 4.45. The molecule has 0 atom stereocenters. The maximum Gasteiger partial charge on any atom is 0.413 e. The van der Waals surface area contributed by atoms with Gasteiger partial charge in [0.15, 0.2) is 5.82 Å². The number of amides is 1. The predicted octanol–water partition coefficient (Wildman–Crippen LogP) is 2.37. The molecule has 0 bridgehead atoms. The van der Waals surface area contributed by atoms with Crippen LogP contribution in [0, 0.1) is 13.8 Å². The second kappa shape index (κ2) is 3.92. The minimum atomic E-state index is -0.497. The Hall–Kier alpha value is -1.52. The Labute approximate surface area is 89.2 Å². The summed E-state index contributed by atoms with van der Waals surface area (Å²) in [5.41, 5.74) is 1.35. The molecule has 5 heteroatoms. The molecule has 0 radical (unpaired) electrons. The first kappa shape index (κ1) is 11.6. The molecule has 2 N–H and O–H groups in total. The van der Waals surface area contributed by atoms with E-state index in [4.69, 9.17) is 4.74 Å². The van der Waals surface area contributed by atoms with Crippen LogP contribution in [0.5, 0.6) is 0 Å². The van der Waals surface area contributed by atoms with Crippen LogP contribution in [-0.2, 0) is 4.74 Å². The monoisotopic (exact) mass is 211 g/mol. The molecule has 84 valence electrons. The number of aromatic amines is 1. The molecule has 1 amide bonds. The van der Waals surface area contributed by atoms with Crippen molar-refractivity contribution in [3.63, 3.8) is 0 Å². The molecule has 0 aliphatic rings. The van der Waals surface area contributed by atoms with Gasteiger partial charge in [0.25, 0.3) is 0 Å². The molecule has 0 saturated heterocycles. The average molecular weight is 211 g/mol. The van der Waals surface area contributed by atoms with Crippen LogP contribution in [0.3, 0.4) is 0 Å². The molecule has 0 aliphatic heterocycles. The summed E-state index contributed by atoms with van der Waals surface area (Å²) < 4.78 is 5.10. The molecular formula is C10H17N3O2. The molecule has 0 aliphatic carbocycles. The number of H-pyrrole nitrogens is 1. The van der Waals surface area contributed by atoms with Crippen LogP contribution in [-0.4, -0.2) is 21.9 Å². The number of carbonyl (C=O) groups is 1. The number of hydrogen-bond donors (Lipinski definition) is 2. The van der Waals surface area contributed by atoms with Gasteiger partial charge >= 0.3 is 6.09 Å². The number of nitrogens with zero attached hydrogens (tertiary/aromatic N) is 1. The summed E-state index contributed by atoms with van der Waals surface area (Å²) in [6, 6.07) is 0. The number of rotatable bonds is 1. The van der Waals surface area contributed by atoms with E-state index in [9.17, 15) is 4.79 Å². The molecular weight excluding hydrogens is 194 g/mol. The van der Waals surface area contributed by atoms with E-state index in [0.717, 1.165) is 11.3 Å². The fraction of sp³-hybridized carbons (Fsp3) is 0.600. The van der Waals surface area contributed by atoms with Gasteiger partial charge in [-0.05, 0) is 34.6 Å². The third-order valence-corrected chi connectivity index (χ3v) is 1.87. The van der Waals surface area contributed by atoms with Gasteiger partial charge in [-0.1, -0.05) is 0 Å². The lowest BCUT2D eigenvalue weighted by Gasteiger charge is -2.19. The van der Waals surface area contributed by atoms with E-state index < -0.39 is 11.7 Å². The maximum absolute atomic E-state index is 11.4. The standard InChI is InChI=1S/C10H17N3O2/c1-6-7(2)12-13-8(6)11-9(14)15-10(3,4)5/h1-5H3,(H2,11,12,13,14). The second-order valence-electron chi connectivity index (χ2n) is 4.45. The molecule has 1 aromatic heterocycles. The quantitative estimate of drug-likeness (QED) is 0.749. The molecule has 1 heterocycles. The Morgan fingerprint density at radius 1 is 1.40 bits per heavy atom. The molecule has 0 unspecified atom stereocenters. The topological polar surface area (TPSA) is 67.0 Å². The minimum absolute atomic E-state index is 0.489. The summed E-state index contributed by atoms with van der Waals surface area (Å²) >= 11 is 0. The lowest BCUT2D eigenvalue weighted by molar-refractivity contribution is 0.0635. The highest BCUT2D eigenvalue weighted by atomic mass is 16.6. The fourth-order valence-corrected chi connectivity index (χ4v) is 1.01. The van der Waals surface area contributed by atoms with E-state index in [-0.39, 0.29) is 0 Å². The van der Waals surface area contributed by atoms with Gasteiger partial charge in [0.2, 0.25) is 0 Å². The normalized spacial score (nSPS) is 11.3. The molecule has 15 heavy (non-hydrogen) atoms. The SMILES string of the molecule is Cc1[nH]nc(NC(=O)OC(C)(C)C)c1C. The van der Waals surface area contributed by atoms with Gasteiger partial charge < -0.3 is 4.74 Å². The summed E-state index contributed by atoms with van der Waals surface area (Å²) in [6.07, 6.45) is -0.489. The summed E-state index contributed by atoms with van der Waals surface area (Å²) in [5, 5.41) is 9.32. The van der Waals surface area contributed by atoms with Gasteiger partial charge in [0.1, 0.15) is 5.60 Å². The zero-order valence-corrected chi connectivity index (χ0v) is 9.76. The Kier molecular flexibility index (Phi) is 3.02. The van der Waals surface area contributed by atoms with Crippen LogP contribution >= 0.6 is 0 Å². The first-order valence-corrected chi connectivity index (χ1v) is 4.81. The molecule has 5 nitrogen and oxygen atoms in total. The van der Waals surface area contributed by atoms with Crippen LogP contribution in [0.4, 0.5) is 10.6 Å². The number of nitrogens with one attached hydrogen (secondary N) is 2. The van der Waals surface area contributed by atoms with Crippen molar-refractivity contribution in [1.29, 1.82) is 0 Å². The molecule has 0 fully saturated rings. The highest BCUT2D eigenvalue weighted by molar-refractivity contribution is 5.84. The van der Waals surface area contributed by atoms with E-state index in [0.29, 0.717) is 5.82 Å². The first-order valence-electron chi connectivity index (χ1n) is 4.81. The molecule has 1 aromatic rings. The zero-order chi connectivity index (χ0) is 11.6. The Bertz CT molecular complexity index is 363. The lowest BCUT2D eigenvalue weighted by atomic mass is 10.2. The zero-order valence-electron chi connectivity index (χ0n) is 9.76. The van der Waals surface area contributed by atoms with E-state index in [1.165, 1.54) is 0 Å². The number of aryl methyl sites for hydroxylation is 1. The van der Waals surface area contributed by atoms with Crippen molar-refractivity contribution in [3.8, 4) is 0 Å². The van der Waals surface area contributed by atoms with Crippen LogP contribution in [0.25, 0.3) is 0 Å². The molecule has 1 rings (SSSR count). The van der Waals surface area contributed by atoms with Gasteiger partial charge in [-0.3, -0.25) is 10.4 Å². The van der Waals surface area contributed by atoms with Crippen molar-refractivity contribution in [3.05, 3.63) is 11.3 Å². The Balaban J connectivity index is 2.63. The fourth-order valence-electron chi connectivity index (χ4n) is 1.01. The van der Waals surface area contributed by atoms with Gasteiger partial charge in [0, 0.05) is 11.3 Å². The van der Waals surface area contributed by atoms with Crippen LogP contribution in [0.2, 0.25) is 0 Å². The van der Waals surface area contributed by atoms with E-state index in [2.05, 4.69) is 15.5 Å². The number of anilines is 1. The van der Waals surface area contributed by atoms with Crippen molar-refractivity contribution < 1.29 is 9.53 Å². The molecule has 0 aromatic carbocycles. The van der Waals surface area contributed by atoms with Gasteiger partial charge in [0.05, 0.1) is 0 Å². The summed E-state index contributed by atoms with van der Waals surface area (Å²) in [4.78, 5) is 11.4. The Morgan fingerprint density at radius 2 is 2.00 bits per heavy atom. The highest BCUT2D eigenvalue weighted by Gasteiger charge is 2.17. The molecule has 0 spiro atoms.